The molecule has 2 heteroatoms. The summed E-state index contributed by atoms with van der Waals surface area (Å²) in [7, 11) is -0.288. The second-order valence-electron chi connectivity index (χ2n) is 7.09. The van der Waals surface area contributed by atoms with Crippen molar-refractivity contribution in [3.63, 3.8) is 0 Å². The molecule has 0 nitrogen and oxygen atoms in total. The van der Waals surface area contributed by atoms with E-state index >= 15 is 0 Å². The molecule has 2 aromatic carbocycles. The zero-order valence-electron chi connectivity index (χ0n) is 15.0. The molecule has 2 aromatic rings. The largest absolute Gasteiger partial charge is 0.153 e. The number of rotatable bonds is 7. The molecular weight excluding hydrogens is 339 g/mol. The van der Waals surface area contributed by atoms with Crippen LogP contribution in [0.1, 0.15) is 39.0 Å². The van der Waals surface area contributed by atoms with E-state index in [0.717, 1.165) is 10.9 Å². The molecule has 130 valence electrons. The number of hydrogen-bond acceptors (Lipinski definition) is 1. The van der Waals surface area contributed by atoms with E-state index in [1.54, 1.807) is 16.2 Å². The minimum Gasteiger partial charge on any atom is -0.153 e. The number of benzene rings is 2. The van der Waals surface area contributed by atoms with Crippen molar-refractivity contribution in [2.45, 2.75) is 49.9 Å². The van der Waals surface area contributed by atoms with Gasteiger partial charge < -0.3 is 0 Å². The van der Waals surface area contributed by atoms with E-state index in [4.69, 9.17) is 0 Å². The smallest absolute Gasteiger partial charge is 0.0335 e. The summed E-state index contributed by atoms with van der Waals surface area (Å²) in [4.78, 5) is 0. The van der Waals surface area contributed by atoms with E-state index in [2.05, 4.69) is 79.3 Å². The maximum atomic E-state index is 2.36. The molecule has 0 radical (unpaired) electrons. The van der Waals surface area contributed by atoms with Crippen molar-refractivity contribution in [1.82, 2.24) is 0 Å². The summed E-state index contributed by atoms with van der Waals surface area (Å²) in [6.07, 6.45) is 6.73. The zero-order chi connectivity index (χ0) is 17.1. The van der Waals surface area contributed by atoms with Gasteiger partial charge in [0.2, 0.25) is 0 Å². The fraction of sp³-hybridized carbons (Fsp3) is 0.391. The van der Waals surface area contributed by atoms with Gasteiger partial charge in [0.1, 0.15) is 0 Å². The Bertz CT molecular complexity index is 683. The second kappa shape index (κ2) is 8.11. The van der Waals surface area contributed by atoms with Gasteiger partial charge >= 0.3 is 0 Å². The first-order valence-corrected chi connectivity index (χ1v) is 12.1. The lowest BCUT2D eigenvalue weighted by Crippen LogP contribution is -2.28. The fourth-order valence-electron chi connectivity index (χ4n) is 4.12. The van der Waals surface area contributed by atoms with Gasteiger partial charge in [-0.25, -0.2) is 0 Å². The van der Waals surface area contributed by atoms with Crippen LogP contribution in [0.25, 0.3) is 0 Å². The highest BCUT2D eigenvalue weighted by Crippen LogP contribution is 2.57. The highest BCUT2D eigenvalue weighted by molar-refractivity contribution is 8.00. The third-order valence-electron chi connectivity index (χ3n) is 5.49. The first-order valence-electron chi connectivity index (χ1n) is 9.60. The number of thioether (sulfide) groups is 1. The lowest BCUT2D eigenvalue weighted by molar-refractivity contribution is 0.802. The summed E-state index contributed by atoms with van der Waals surface area (Å²) < 4.78 is 0. The van der Waals surface area contributed by atoms with Crippen LogP contribution in [0.3, 0.4) is 0 Å². The van der Waals surface area contributed by atoms with Crippen molar-refractivity contribution in [2.75, 3.05) is 5.75 Å². The van der Waals surface area contributed by atoms with Gasteiger partial charge in [-0.05, 0) is 50.0 Å². The van der Waals surface area contributed by atoms with Gasteiger partial charge in [0, 0.05) is 10.9 Å². The summed E-state index contributed by atoms with van der Waals surface area (Å²) in [6.45, 7) is 2.31. The molecule has 0 saturated heterocycles. The summed E-state index contributed by atoms with van der Waals surface area (Å²) >= 11 is 2.26. The first kappa shape index (κ1) is 17.4. The average Bonchev–Trinajstić information content (AvgIpc) is 2.88. The standard InChI is InChI=1S/C23H27PS/c1-2-3-16-25-23-21-15-14-18(21)17-22(23)24(19-10-6-4-7-11-19)20-12-8-5-9-13-20/h4-13,22-23H,2-3,14-17H2,1H3/t22-,23?/m0/s1. The Morgan fingerprint density at radius 2 is 1.56 bits per heavy atom. The van der Waals surface area contributed by atoms with Gasteiger partial charge in [0.15, 0.2) is 0 Å². The molecule has 0 fully saturated rings. The van der Waals surface area contributed by atoms with Gasteiger partial charge in [0.25, 0.3) is 0 Å². The van der Waals surface area contributed by atoms with Crippen LogP contribution < -0.4 is 10.6 Å². The number of allylic oxidation sites excluding steroid dienone is 1. The van der Waals surface area contributed by atoms with E-state index in [0.29, 0.717) is 0 Å². The predicted octanol–water partition coefficient (Wildman–Crippen LogP) is 5.88. The molecule has 0 N–H and O–H groups in total. The van der Waals surface area contributed by atoms with E-state index in [-0.39, 0.29) is 7.92 Å². The van der Waals surface area contributed by atoms with E-state index in [1.807, 2.05) is 5.57 Å². The Morgan fingerprint density at radius 3 is 2.08 bits per heavy atom. The predicted molar refractivity (Wildman–Crippen MR) is 115 cm³/mol. The topological polar surface area (TPSA) is 0 Å². The second-order valence-corrected chi connectivity index (χ2v) is 10.8. The molecule has 0 saturated carbocycles. The summed E-state index contributed by atoms with van der Waals surface area (Å²) in [6, 6.07) is 22.6. The SMILES string of the molecule is CCCCSC1C2=C(CC2)C[C@@H]1P(c1ccccc1)c1ccccc1. The Balaban J connectivity index is 1.67. The van der Waals surface area contributed by atoms with Crippen LogP contribution in [0, 0.1) is 0 Å². The maximum absolute atomic E-state index is 2.36. The van der Waals surface area contributed by atoms with Crippen LogP contribution in [0.5, 0.6) is 0 Å². The van der Waals surface area contributed by atoms with Crippen molar-refractivity contribution in [3.8, 4) is 0 Å². The van der Waals surface area contributed by atoms with Crippen LogP contribution in [-0.4, -0.2) is 16.7 Å². The molecule has 0 heterocycles. The third-order valence-corrected chi connectivity index (χ3v) is 10.0. The molecular formula is C23H27PS. The van der Waals surface area contributed by atoms with Gasteiger partial charge in [-0.1, -0.05) is 85.2 Å². The Morgan fingerprint density at radius 1 is 0.920 bits per heavy atom. The van der Waals surface area contributed by atoms with Crippen LogP contribution in [0.4, 0.5) is 0 Å². The molecule has 2 atom stereocenters. The molecule has 4 rings (SSSR count). The van der Waals surface area contributed by atoms with E-state index in [1.165, 1.54) is 37.9 Å². The van der Waals surface area contributed by atoms with Crippen molar-refractivity contribution in [1.29, 1.82) is 0 Å². The number of unbranched alkanes of at least 4 members (excludes halogenated alkanes) is 1. The Kier molecular flexibility index (Phi) is 5.63. The maximum Gasteiger partial charge on any atom is 0.0335 e. The minimum atomic E-state index is -0.288. The lowest BCUT2D eigenvalue weighted by Gasteiger charge is -2.31. The Hall–Kier alpha value is -1.04. The van der Waals surface area contributed by atoms with Crippen molar-refractivity contribution >= 4 is 30.3 Å². The summed E-state index contributed by atoms with van der Waals surface area (Å²) in [5, 5.41) is 3.87. The van der Waals surface area contributed by atoms with Gasteiger partial charge in [-0.2, -0.15) is 11.8 Å². The molecule has 0 amide bonds. The molecule has 0 aromatic heterocycles. The normalized spacial score (nSPS) is 22.2. The summed E-state index contributed by atoms with van der Waals surface area (Å²) in [5.41, 5.74) is 4.41. The summed E-state index contributed by atoms with van der Waals surface area (Å²) in [5.74, 6) is 1.32. The van der Waals surface area contributed by atoms with E-state index < -0.39 is 0 Å². The van der Waals surface area contributed by atoms with Crippen LogP contribution >= 0.6 is 19.7 Å². The molecule has 2 aliphatic rings. The third kappa shape index (κ3) is 3.60. The van der Waals surface area contributed by atoms with Crippen LogP contribution in [-0.2, 0) is 0 Å². The average molecular weight is 367 g/mol. The van der Waals surface area contributed by atoms with Crippen LogP contribution in [0.2, 0.25) is 0 Å². The van der Waals surface area contributed by atoms with Gasteiger partial charge in [0.05, 0.1) is 0 Å². The van der Waals surface area contributed by atoms with E-state index in [9.17, 15) is 0 Å². The van der Waals surface area contributed by atoms with Gasteiger partial charge in [-0.15, -0.1) is 0 Å². The molecule has 25 heavy (non-hydrogen) atoms. The molecule has 0 spiro atoms. The van der Waals surface area contributed by atoms with Crippen molar-refractivity contribution in [2.24, 2.45) is 0 Å². The van der Waals surface area contributed by atoms with Gasteiger partial charge in [-0.3, -0.25) is 0 Å². The quantitative estimate of drug-likeness (QED) is 0.335. The highest BCUT2D eigenvalue weighted by Gasteiger charge is 2.43. The molecule has 0 bridgehead atoms. The fourth-order valence-corrected chi connectivity index (χ4v) is 9.16. The Labute approximate surface area is 157 Å². The van der Waals surface area contributed by atoms with Crippen LogP contribution in [0.15, 0.2) is 71.8 Å². The molecule has 1 unspecified atom stereocenters. The monoisotopic (exact) mass is 366 g/mol. The molecule has 2 aliphatic carbocycles. The minimum absolute atomic E-state index is 0.288. The van der Waals surface area contributed by atoms with Crippen molar-refractivity contribution < 1.29 is 0 Å². The zero-order valence-corrected chi connectivity index (χ0v) is 16.7. The molecule has 0 aliphatic heterocycles. The first-order chi connectivity index (χ1) is 12.4. The van der Waals surface area contributed by atoms with Crippen molar-refractivity contribution in [3.05, 3.63) is 71.8 Å². The lowest BCUT2D eigenvalue weighted by atomic mass is 9.91. The highest BCUT2D eigenvalue weighted by atomic mass is 32.2. The number of hydrogen-bond donors (Lipinski definition) is 0.